The van der Waals surface area contributed by atoms with E-state index in [1.165, 1.54) is 7.11 Å². The van der Waals surface area contributed by atoms with Crippen LogP contribution < -0.4 is 5.69 Å². The summed E-state index contributed by atoms with van der Waals surface area (Å²) in [7, 11) is 1.34. The zero-order valence-corrected chi connectivity index (χ0v) is 23.0. The van der Waals surface area contributed by atoms with Crippen molar-refractivity contribution in [2.75, 3.05) is 7.11 Å². The summed E-state index contributed by atoms with van der Waals surface area (Å²) in [4.78, 5) is 31.1. The fourth-order valence-corrected chi connectivity index (χ4v) is 4.83. The van der Waals surface area contributed by atoms with Crippen LogP contribution in [0.5, 0.6) is 0 Å². The summed E-state index contributed by atoms with van der Waals surface area (Å²) < 4.78 is 10.2. The molecule has 0 spiro atoms. The van der Waals surface area contributed by atoms with Gasteiger partial charge >= 0.3 is 11.7 Å². The number of H-pyrrole nitrogens is 1. The van der Waals surface area contributed by atoms with Crippen LogP contribution in [0.3, 0.4) is 0 Å². The lowest BCUT2D eigenvalue weighted by Crippen LogP contribution is -2.27. The third-order valence-corrected chi connectivity index (χ3v) is 6.89. The quantitative estimate of drug-likeness (QED) is 0.260. The molecule has 11 nitrogen and oxygen atoms in total. The van der Waals surface area contributed by atoms with E-state index in [0.29, 0.717) is 23.8 Å². The van der Waals surface area contributed by atoms with Gasteiger partial charge in [-0.25, -0.2) is 9.59 Å². The summed E-state index contributed by atoms with van der Waals surface area (Å²) in [6, 6.07) is 13.4. The molecule has 1 N–H and O–H groups in total. The molecule has 0 aliphatic carbocycles. The minimum atomic E-state index is -0.484. The molecule has 0 unspecified atom stereocenters. The van der Waals surface area contributed by atoms with Crippen molar-refractivity contribution in [1.82, 2.24) is 39.3 Å². The fraction of sp³-hybridized carbons (Fsp3) is 0.310. The lowest BCUT2D eigenvalue weighted by atomic mass is 10.0. The Morgan fingerprint density at radius 1 is 1.10 bits per heavy atom. The molecule has 206 valence electrons. The maximum absolute atomic E-state index is 13.9. The highest BCUT2D eigenvalue weighted by atomic mass is 16.5. The Hall–Kier alpha value is -4.80. The molecule has 0 aliphatic heterocycles. The van der Waals surface area contributed by atoms with Crippen molar-refractivity contribution >= 4 is 5.97 Å². The summed E-state index contributed by atoms with van der Waals surface area (Å²) in [5.74, 6) is 0.526. The molecule has 0 fully saturated rings. The van der Waals surface area contributed by atoms with Crippen LogP contribution >= 0.6 is 0 Å². The van der Waals surface area contributed by atoms with Gasteiger partial charge in [0.25, 0.3) is 0 Å². The van der Waals surface area contributed by atoms with Gasteiger partial charge in [-0.3, -0.25) is 14.1 Å². The lowest BCUT2D eigenvalue weighted by Gasteiger charge is -2.14. The van der Waals surface area contributed by atoms with E-state index in [2.05, 4.69) is 27.5 Å². The summed E-state index contributed by atoms with van der Waals surface area (Å²) >= 11 is 0. The van der Waals surface area contributed by atoms with Crippen LogP contribution in [0.2, 0.25) is 0 Å². The third kappa shape index (κ3) is 5.09. The Labute approximate surface area is 231 Å². The van der Waals surface area contributed by atoms with Crippen molar-refractivity contribution in [2.45, 2.75) is 52.6 Å². The Balaban J connectivity index is 1.52. The van der Waals surface area contributed by atoms with E-state index in [0.717, 1.165) is 47.3 Å². The van der Waals surface area contributed by atoms with Crippen molar-refractivity contribution in [3.05, 3.63) is 88.5 Å². The number of aromatic amines is 1. The molecule has 1 aromatic carbocycles. The Morgan fingerprint density at radius 3 is 2.55 bits per heavy atom. The van der Waals surface area contributed by atoms with Crippen LogP contribution in [0.15, 0.2) is 65.8 Å². The highest BCUT2D eigenvalue weighted by Gasteiger charge is 2.23. The van der Waals surface area contributed by atoms with Crippen LogP contribution in [0.25, 0.3) is 28.3 Å². The zero-order chi connectivity index (χ0) is 28.2. The number of aromatic nitrogens is 8. The number of pyridine rings is 1. The van der Waals surface area contributed by atoms with Crippen molar-refractivity contribution < 1.29 is 9.53 Å². The molecule has 0 saturated carbocycles. The second-order valence-corrected chi connectivity index (χ2v) is 9.83. The topological polar surface area (TPSA) is 126 Å². The van der Waals surface area contributed by atoms with Gasteiger partial charge in [0.15, 0.2) is 0 Å². The maximum Gasteiger partial charge on any atom is 0.341 e. The summed E-state index contributed by atoms with van der Waals surface area (Å²) in [5, 5.41) is 14.4. The molecule has 11 heteroatoms. The largest absolute Gasteiger partial charge is 0.465 e. The highest BCUT2D eigenvalue weighted by molar-refractivity contribution is 5.93. The molecule has 40 heavy (non-hydrogen) atoms. The number of aryl methyl sites for hydroxylation is 1. The number of tetrazole rings is 1. The van der Waals surface area contributed by atoms with Gasteiger partial charge in [0.2, 0.25) is 5.82 Å². The first-order valence-corrected chi connectivity index (χ1v) is 13.3. The number of nitrogens with zero attached hydrogens (tertiary/aromatic N) is 7. The number of ether oxygens (including phenoxy) is 1. The fourth-order valence-electron chi connectivity index (χ4n) is 4.83. The van der Waals surface area contributed by atoms with Gasteiger partial charge in [0.1, 0.15) is 11.4 Å². The first-order chi connectivity index (χ1) is 19.4. The number of carbonyl (C=O) groups is 1. The van der Waals surface area contributed by atoms with Crippen LogP contribution in [0, 0.1) is 0 Å². The summed E-state index contributed by atoms with van der Waals surface area (Å²) in [5.41, 5.74) is 4.41. The number of unbranched alkanes of at least 4 members (excludes halogenated alkanes) is 1. The molecule has 5 aromatic rings. The van der Waals surface area contributed by atoms with Gasteiger partial charge in [-0.15, -0.1) is 10.2 Å². The number of carbonyl (C=O) groups excluding carboxylic acids is 1. The first-order valence-electron chi connectivity index (χ1n) is 13.3. The molecule has 0 aliphatic rings. The van der Waals surface area contributed by atoms with Crippen LogP contribution in [0.1, 0.15) is 61.4 Å². The average molecular weight is 541 g/mol. The van der Waals surface area contributed by atoms with Gasteiger partial charge in [-0.2, -0.15) is 5.21 Å². The van der Waals surface area contributed by atoms with E-state index in [-0.39, 0.29) is 11.7 Å². The van der Waals surface area contributed by atoms with E-state index in [4.69, 9.17) is 9.72 Å². The number of nitrogens with one attached hydrogen (secondary N) is 1. The second-order valence-electron chi connectivity index (χ2n) is 9.83. The maximum atomic E-state index is 13.9. The normalized spacial score (nSPS) is 11.3. The van der Waals surface area contributed by atoms with Gasteiger partial charge in [-0.05, 0) is 49.6 Å². The highest BCUT2D eigenvalue weighted by Crippen LogP contribution is 2.29. The third-order valence-electron chi connectivity index (χ3n) is 6.89. The van der Waals surface area contributed by atoms with E-state index < -0.39 is 5.97 Å². The molecule has 4 heterocycles. The number of imidazole rings is 1. The molecule has 0 bridgehead atoms. The molecular weight excluding hydrogens is 508 g/mol. The Morgan fingerprint density at radius 2 is 1.90 bits per heavy atom. The monoisotopic (exact) mass is 540 g/mol. The van der Waals surface area contributed by atoms with E-state index >= 15 is 0 Å². The lowest BCUT2D eigenvalue weighted by molar-refractivity contribution is 0.0600. The molecule has 0 radical (unpaired) electrons. The number of benzene rings is 1. The smallest absolute Gasteiger partial charge is 0.341 e. The number of esters is 1. The minimum absolute atomic E-state index is 0.0345. The Bertz CT molecular complexity index is 1660. The second kappa shape index (κ2) is 11.5. The van der Waals surface area contributed by atoms with Gasteiger partial charge < -0.3 is 9.30 Å². The molecular formula is C29H32N8O3. The number of hydrogen-bond acceptors (Lipinski definition) is 7. The van der Waals surface area contributed by atoms with Crippen molar-refractivity contribution in [3.8, 4) is 28.3 Å². The SMILES string of the molecule is CCCCc1cn(-c2c(C(=O)OC)ccn2C(C)C)c(=O)n1Cc1ccc(-c2ccccc2-c2nn[nH]n2)cn1. The zero-order valence-electron chi connectivity index (χ0n) is 23.0. The molecule has 5 rings (SSSR count). The minimum Gasteiger partial charge on any atom is -0.465 e. The molecule has 4 aromatic heterocycles. The predicted octanol–water partition coefficient (Wildman–Crippen LogP) is 4.44. The number of methoxy groups -OCH3 is 1. The van der Waals surface area contributed by atoms with Crippen LogP contribution in [-0.2, 0) is 17.7 Å². The van der Waals surface area contributed by atoms with E-state index in [9.17, 15) is 9.59 Å². The van der Waals surface area contributed by atoms with E-state index in [1.807, 2.05) is 67.2 Å². The molecule has 0 atom stereocenters. The van der Waals surface area contributed by atoms with Gasteiger partial charge in [-0.1, -0.05) is 43.7 Å². The number of hydrogen-bond donors (Lipinski definition) is 1. The van der Waals surface area contributed by atoms with Crippen LogP contribution in [-0.4, -0.2) is 52.4 Å². The predicted molar refractivity (Wildman–Crippen MR) is 150 cm³/mol. The van der Waals surface area contributed by atoms with Crippen molar-refractivity contribution in [1.29, 1.82) is 0 Å². The Kier molecular flexibility index (Phi) is 7.72. The van der Waals surface area contributed by atoms with Crippen LogP contribution in [0.4, 0.5) is 0 Å². The van der Waals surface area contributed by atoms with Crippen molar-refractivity contribution in [3.63, 3.8) is 0 Å². The van der Waals surface area contributed by atoms with Crippen molar-refractivity contribution in [2.24, 2.45) is 0 Å². The number of rotatable bonds is 10. The standard InChI is InChI=1S/C29H32N8O3/c1-5-6-9-22-18-37(27-25(28(38)40-4)14-15-35(27)19(2)3)29(39)36(22)17-21-13-12-20(16-30-21)23-10-7-8-11-24(23)26-31-33-34-32-26/h7-8,10-16,18-19H,5-6,9,17H2,1-4H3,(H,31,32,33,34). The van der Waals surface area contributed by atoms with E-state index in [1.54, 1.807) is 21.4 Å². The molecule has 0 amide bonds. The van der Waals surface area contributed by atoms with Gasteiger partial charge in [0, 0.05) is 41.5 Å². The summed E-state index contributed by atoms with van der Waals surface area (Å²) in [6.07, 6.45) is 8.09. The average Bonchev–Trinajstić information content (AvgIpc) is 3.72. The van der Waals surface area contributed by atoms with Gasteiger partial charge in [0.05, 0.1) is 19.3 Å². The summed E-state index contributed by atoms with van der Waals surface area (Å²) in [6.45, 7) is 6.43. The molecule has 0 saturated heterocycles. The first kappa shape index (κ1) is 26.8.